The fraction of sp³-hybridized carbons (Fsp3) is 0.231. The van der Waals surface area contributed by atoms with Crippen molar-refractivity contribution in [2.75, 3.05) is 6.54 Å². The van der Waals surface area contributed by atoms with Gasteiger partial charge in [0.2, 0.25) is 0 Å². The Morgan fingerprint density at radius 1 is 1.12 bits per heavy atom. The zero-order chi connectivity index (χ0) is 12.3. The van der Waals surface area contributed by atoms with Crippen molar-refractivity contribution in [2.45, 2.75) is 12.8 Å². The maximum Gasteiger partial charge on any atom is 0.132 e. The minimum Gasteiger partial charge on any atom is -0.508 e. The predicted molar refractivity (Wildman–Crippen MR) is 66.6 cm³/mol. The number of aromatic nitrogens is 2. The zero-order valence-electron chi connectivity index (χ0n) is 9.67. The molecule has 4 nitrogen and oxygen atoms in total. The second-order valence-electron chi connectivity index (χ2n) is 4.01. The Kier molecular flexibility index (Phi) is 3.35. The molecule has 0 amide bonds. The molecule has 0 fully saturated rings. The predicted octanol–water partition coefficient (Wildman–Crippen LogP) is 1.91. The topological polar surface area (TPSA) is 72.0 Å². The van der Waals surface area contributed by atoms with E-state index >= 15 is 0 Å². The number of hydrogen-bond donors (Lipinski definition) is 2. The summed E-state index contributed by atoms with van der Waals surface area (Å²) in [6, 6.07) is 6.96. The SMILES string of the molecule is CC(CN)c1ncc(-c2ccc(O)cc2)cn1. The van der Waals surface area contributed by atoms with Gasteiger partial charge in [0.15, 0.2) is 0 Å². The summed E-state index contributed by atoms with van der Waals surface area (Å²) in [5, 5.41) is 9.21. The van der Waals surface area contributed by atoms with Gasteiger partial charge in [-0.25, -0.2) is 9.97 Å². The Hall–Kier alpha value is -1.94. The van der Waals surface area contributed by atoms with Gasteiger partial charge in [-0.05, 0) is 17.7 Å². The molecule has 1 aromatic carbocycles. The average Bonchev–Trinajstić information content (AvgIpc) is 2.39. The lowest BCUT2D eigenvalue weighted by Crippen LogP contribution is -2.11. The van der Waals surface area contributed by atoms with E-state index in [0.717, 1.165) is 17.0 Å². The van der Waals surface area contributed by atoms with E-state index in [9.17, 15) is 5.11 Å². The molecule has 2 rings (SSSR count). The Morgan fingerprint density at radius 3 is 2.24 bits per heavy atom. The van der Waals surface area contributed by atoms with Crippen molar-refractivity contribution in [3.8, 4) is 16.9 Å². The van der Waals surface area contributed by atoms with Crippen molar-refractivity contribution < 1.29 is 5.11 Å². The number of rotatable bonds is 3. The molecule has 1 aromatic heterocycles. The smallest absolute Gasteiger partial charge is 0.132 e. The lowest BCUT2D eigenvalue weighted by molar-refractivity contribution is 0.475. The van der Waals surface area contributed by atoms with E-state index in [1.54, 1.807) is 24.5 Å². The Labute approximate surface area is 100 Å². The molecule has 0 radical (unpaired) electrons. The largest absolute Gasteiger partial charge is 0.508 e. The van der Waals surface area contributed by atoms with E-state index in [4.69, 9.17) is 5.73 Å². The number of nitrogens with zero attached hydrogens (tertiary/aromatic N) is 2. The fourth-order valence-electron chi connectivity index (χ4n) is 1.50. The summed E-state index contributed by atoms with van der Waals surface area (Å²) in [6.45, 7) is 2.54. The quantitative estimate of drug-likeness (QED) is 0.843. The molecule has 4 heteroatoms. The highest BCUT2D eigenvalue weighted by atomic mass is 16.3. The third-order valence-corrected chi connectivity index (χ3v) is 2.67. The Balaban J connectivity index is 2.26. The first kappa shape index (κ1) is 11.5. The number of aromatic hydroxyl groups is 1. The van der Waals surface area contributed by atoms with Gasteiger partial charge in [-0.15, -0.1) is 0 Å². The summed E-state index contributed by atoms with van der Waals surface area (Å²) in [5.41, 5.74) is 7.47. The van der Waals surface area contributed by atoms with Crippen molar-refractivity contribution in [3.05, 3.63) is 42.5 Å². The third kappa shape index (κ3) is 2.60. The second-order valence-corrected chi connectivity index (χ2v) is 4.01. The lowest BCUT2D eigenvalue weighted by atomic mass is 10.1. The van der Waals surface area contributed by atoms with E-state index in [-0.39, 0.29) is 11.7 Å². The number of phenolic OH excluding ortho intramolecular Hbond substituents is 1. The van der Waals surface area contributed by atoms with Gasteiger partial charge in [-0.2, -0.15) is 0 Å². The molecule has 0 saturated heterocycles. The highest BCUT2D eigenvalue weighted by Crippen LogP contribution is 2.21. The molecule has 2 aromatic rings. The summed E-state index contributed by atoms with van der Waals surface area (Å²) in [6.07, 6.45) is 3.56. The summed E-state index contributed by atoms with van der Waals surface area (Å²) in [4.78, 5) is 8.59. The van der Waals surface area contributed by atoms with Gasteiger partial charge in [0.1, 0.15) is 11.6 Å². The molecule has 88 valence electrons. The molecular weight excluding hydrogens is 214 g/mol. The molecule has 0 aliphatic rings. The maximum absolute atomic E-state index is 9.21. The van der Waals surface area contributed by atoms with Gasteiger partial charge in [0.05, 0.1) is 0 Å². The van der Waals surface area contributed by atoms with Gasteiger partial charge < -0.3 is 10.8 Å². The van der Waals surface area contributed by atoms with E-state index in [1.165, 1.54) is 0 Å². The van der Waals surface area contributed by atoms with Crippen LogP contribution in [0.3, 0.4) is 0 Å². The molecule has 0 saturated carbocycles. The first-order valence-electron chi connectivity index (χ1n) is 5.52. The Bertz CT molecular complexity index is 479. The normalized spacial score (nSPS) is 12.4. The number of hydrogen-bond acceptors (Lipinski definition) is 4. The van der Waals surface area contributed by atoms with E-state index in [1.807, 2.05) is 19.1 Å². The van der Waals surface area contributed by atoms with Crippen LogP contribution >= 0.6 is 0 Å². The fourth-order valence-corrected chi connectivity index (χ4v) is 1.50. The van der Waals surface area contributed by atoms with Gasteiger partial charge in [-0.3, -0.25) is 0 Å². The van der Waals surface area contributed by atoms with Crippen LogP contribution < -0.4 is 5.73 Å². The molecule has 0 bridgehead atoms. The van der Waals surface area contributed by atoms with Crippen molar-refractivity contribution in [1.82, 2.24) is 9.97 Å². The number of phenols is 1. The van der Waals surface area contributed by atoms with Crippen LogP contribution in [-0.4, -0.2) is 21.6 Å². The molecule has 0 aliphatic carbocycles. The van der Waals surface area contributed by atoms with Crippen molar-refractivity contribution in [1.29, 1.82) is 0 Å². The summed E-state index contributed by atoms with van der Waals surface area (Å²) < 4.78 is 0. The highest BCUT2D eigenvalue weighted by molar-refractivity contribution is 5.62. The van der Waals surface area contributed by atoms with Crippen LogP contribution in [-0.2, 0) is 0 Å². The highest BCUT2D eigenvalue weighted by Gasteiger charge is 2.06. The number of benzene rings is 1. The van der Waals surface area contributed by atoms with Crippen molar-refractivity contribution >= 4 is 0 Å². The molecule has 1 heterocycles. The van der Waals surface area contributed by atoms with E-state index in [0.29, 0.717) is 6.54 Å². The lowest BCUT2D eigenvalue weighted by Gasteiger charge is -2.07. The van der Waals surface area contributed by atoms with Crippen LogP contribution in [0.2, 0.25) is 0 Å². The molecule has 0 aliphatic heterocycles. The van der Waals surface area contributed by atoms with Crippen LogP contribution in [0, 0.1) is 0 Å². The molecule has 1 atom stereocenters. The van der Waals surface area contributed by atoms with Gasteiger partial charge in [0.25, 0.3) is 0 Å². The van der Waals surface area contributed by atoms with Crippen molar-refractivity contribution in [3.63, 3.8) is 0 Å². The van der Waals surface area contributed by atoms with Crippen LogP contribution in [0.15, 0.2) is 36.7 Å². The standard InChI is InChI=1S/C13H15N3O/c1-9(6-14)13-15-7-11(8-16-13)10-2-4-12(17)5-3-10/h2-5,7-9,17H,6,14H2,1H3. The zero-order valence-corrected chi connectivity index (χ0v) is 9.67. The van der Waals surface area contributed by atoms with Crippen LogP contribution in [0.5, 0.6) is 5.75 Å². The second kappa shape index (κ2) is 4.93. The van der Waals surface area contributed by atoms with Gasteiger partial charge >= 0.3 is 0 Å². The summed E-state index contributed by atoms with van der Waals surface area (Å²) in [5.74, 6) is 1.18. The molecule has 17 heavy (non-hydrogen) atoms. The van der Waals surface area contributed by atoms with E-state index in [2.05, 4.69) is 9.97 Å². The Morgan fingerprint density at radius 2 is 1.71 bits per heavy atom. The van der Waals surface area contributed by atoms with Crippen LogP contribution in [0.25, 0.3) is 11.1 Å². The van der Waals surface area contributed by atoms with Crippen LogP contribution in [0.4, 0.5) is 0 Å². The summed E-state index contributed by atoms with van der Waals surface area (Å²) >= 11 is 0. The monoisotopic (exact) mass is 229 g/mol. The number of nitrogens with two attached hydrogens (primary N) is 1. The molecular formula is C13H15N3O. The average molecular weight is 229 g/mol. The van der Waals surface area contributed by atoms with Gasteiger partial charge in [0, 0.05) is 30.4 Å². The minimum absolute atomic E-state index is 0.170. The first-order chi connectivity index (χ1) is 8.20. The third-order valence-electron chi connectivity index (χ3n) is 2.67. The van der Waals surface area contributed by atoms with Gasteiger partial charge in [-0.1, -0.05) is 19.1 Å². The molecule has 3 N–H and O–H groups in total. The first-order valence-corrected chi connectivity index (χ1v) is 5.52. The van der Waals surface area contributed by atoms with Crippen molar-refractivity contribution in [2.24, 2.45) is 5.73 Å². The summed E-state index contributed by atoms with van der Waals surface area (Å²) in [7, 11) is 0. The molecule has 0 spiro atoms. The minimum atomic E-state index is 0.170. The maximum atomic E-state index is 9.21. The molecule has 1 unspecified atom stereocenters. The van der Waals surface area contributed by atoms with E-state index < -0.39 is 0 Å². The van der Waals surface area contributed by atoms with Crippen LogP contribution in [0.1, 0.15) is 18.7 Å².